The van der Waals surface area contributed by atoms with Crippen LogP contribution in [0.1, 0.15) is 11.1 Å². The summed E-state index contributed by atoms with van der Waals surface area (Å²) in [6.07, 6.45) is 1.46. The highest BCUT2D eigenvalue weighted by Gasteiger charge is 2.16. The Hall–Kier alpha value is -3.36. The van der Waals surface area contributed by atoms with Crippen LogP contribution in [-0.4, -0.2) is 30.0 Å². The predicted molar refractivity (Wildman–Crippen MR) is 95.3 cm³/mol. The first-order valence-electron chi connectivity index (χ1n) is 7.52. The van der Waals surface area contributed by atoms with Crippen LogP contribution < -0.4 is 16.7 Å². The zero-order valence-electron chi connectivity index (χ0n) is 14.3. The molecule has 0 atom stereocenters. The molecular weight excluding hydrogens is 324 g/mol. The second-order valence-electron chi connectivity index (χ2n) is 5.80. The molecule has 0 bridgehead atoms. The molecule has 2 aromatic heterocycles. The lowest BCUT2D eigenvalue weighted by molar-refractivity contribution is 0.474. The fourth-order valence-electron chi connectivity index (χ4n) is 2.56. The second kappa shape index (κ2) is 5.93. The van der Waals surface area contributed by atoms with E-state index in [1.165, 1.54) is 22.4 Å². The first-order valence-corrected chi connectivity index (χ1v) is 7.52. The number of phenols is 1. The van der Waals surface area contributed by atoms with Gasteiger partial charge in [-0.25, -0.2) is 10.2 Å². The van der Waals surface area contributed by atoms with Gasteiger partial charge in [0.2, 0.25) is 5.95 Å². The van der Waals surface area contributed by atoms with Crippen molar-refractivity contribution in [1.29, 1.82) is 0 Å². The Kier molecular flexibility index (Phi) is 3.91. The molecular formula is C16H18N6O3. The molecule has 9 heteroatoms. The molecule has 0 spiro atoms. The number of benzene rings is 1. The third-order valence-corrected chi connectivity index (χ3v) is 4.03. The summed E-state index contributed by atoms with van der Waals surface area (Å²) in [5.41, 5.74) is 3.96. The first kappa shape index (κ1) is 16.5. The molecule has 0 saturated heterocycles. The molecule has 25 heavy (non-hydrogen) atoms. The minimum absolute atomic E-state index is 0.109. The van der Waals surface area contributed by atoms with Gasteiger partial charge in [0.25, 0.3) is 5.56 Å². The van der Waals surface area contributed by atoms with E-state index in [0.29, 0.717) is 17.0 Å². The number of imidazole rings is 1. The Morgan fingerprint density at radius 2 is 1.88 bits per heavy atom. The number of nitrogens with zero attached hydrogens (tertiary/aromatic N) is 5. The molecule has 0 fully saturated rings. The maximum absolute atomic E-state index is 12.3. The van der Waals surface area contributed by atoms with Crippen LogP contribution in [0.5, 0.6) is 5.75 Å². The standard InChI is InChI=1S/C16H18N6O3/c1-9-5-6-11(23)10(7-9)8-17-19-15-18-13-12(20(15)2)14(24)22(4)16(25)21(13)3/h5-8,23H,1-4H3,(H,18,19). The van der Waals surface area contributed by atoms with Crippen LogP contribution in [0, 0.1) is 6.92 Å². The van der Waals surface area contributed by atoms with Crippen LogP contribution in [0.4, 0.5) is 5.95 Å². The quantitative estimate of drug-likeness (QED) is 0.530. The summed E-state index contributed by atoms with van der Waals surface area (Å²) >= 11 is 0. The van der Waals surface area contributed by atoms with Gasteiger partial charge < -0.3 is 9.67 Å². The van der Waals surface area contributed by atoms with Crippen LogP contribution in [0.3, 0.4) is 0 Å². The predicted octanol–water partition coefficient (Wildman–Crippen LogP) is 0.431. The lowest BCUT2D eigenvalue weighted by Crippen LogP contribution is -2.37. The molecule has 0 radical (unpaired) electrons. The maximum atomic E-state index is 12.3. The molecule has 0 amide bonds. The normalized spacial score (nSPS) is 11.5. The summed E-state index contributed by atoms with van der Waals surface area (Å²) in [7, 11) is 4.63. The Bertz CT molecular complexity index is 1120. The summed E-state index contributed by atoms with van der Waals surface area (Å²) in [5, 5.41) is 13.9. The SMILES string of the molecule is Cc1ccc(O)c(C=NNc2nc3c(c(=O)n(C)c(=O)n3C)n2C)c1. The van der Waals surface area contributed by atoms with Gasteiger partial charge in [0.1, 0.15) is 5.75 Å². The minimum atomic E-state index is -0.449. The minimum Gasteiger partial charge on any atom is -0.507 e. The van der Waals surface area contributed by atoms with Crippen LogP contribution in [0.15, 0.2) is 32.9 Å². The molecule has 1 aromatic carbocycles. The maximum Gasteiger partial charge on any atom is 0.332 e. The summed E-state index contributed by atoms with van der Waals surface area (Å²) in [6.45, 7) is 1.91. The number of aromatic hydroxyl groups is 1. The number of hydrogen-bond acceptors (Lipinski definition) is 6. The number of hydrogen-bond donors (Lipinski definition) is 2. The van der Waals surface area contributed by atoms with Crippen molar-refractivity contribution in [2.24, 2.45) is 26.2 Å². The molecule has 3 aromatic rings. The summed E-state index contributed by atoms with van der Waals surface area (Å²) in [4.78, 5) is 28.6. The highest BCUT2D eigenvalue weighted by atomic mass is 16.3. The number of hydrazone groups is 1. The third kappa shape index (κ3) is 2.69. The van der Waals surface area contributed by atoms with E-state index in [0.717, 1.165) is 10.1 Å². The molecule has 0 aliphatic carbocycles. The van der Waals surface area contributed by atoms with Crippen molar-refractivity contribution in [3.05, 3.63) is 50.2 Å². The van der Waals surface area contributed by atoms with Gasteiger partial charge in [-0.1, -0.05) is 11.6 Å². The van der Waals surface area contributed by atoms with Gasteiger partial charge in [-0.15, -0.1) is 0 Å². The van der Waals surface area contributed by atoms with E-state index < -0.39 is 11.2 Å². The summed E-state index contributed by atoms with van der Waals surface area (Å²) in [6, 6.07) is 5.17. The van der Waals surface area contributed by atoms with Gasteiger partial charge in [-0.05, 0) is 19.1 Å². The molecule has 0 aliphatic rings. The largest absolute Gasteiger partial charge is 0.507 e. The lowest BCUT2D eigenvalue weighted by atomic mass is 10.1. The average Bonchev–Trinajstić information content (AvgIpc) is 2.91. The highest BCUT2D eigenvalue weighted by Crippen LogP contribution is 2.16. The van der Waals surface area contributed by atoms with Crippen molar-refractivity contribution in [1.82, 2.24) is 18.7 Å². The molecule has 0 aliphatic heterocycles. The Morgan fingerprint density at radius 3 is 2.60 bits per heavy atom. The van der Waals surface area contributed by atoms with E-state index in [4.69, 9.17) is 0 Å². The molecule has 9 nitrogen and oxygen atoms in total. The van der Waals surface area contributed by atoms with Crippen LogP contribution in [0.25, 0.3) is 11.2 Å². The van der Waals surface area contributed by atoms with E-state index in [1.54, 1.807) is 32.3 Å². The monoisotopic (exact) mass is 342 g/mol. The molecule has 2 heterocycles. The summed E-state index contributed by atoms with van der Waals surface area (Å²) in [5.74, 6) is 0.411. The fourth-order valence-corrected chi connectivity index (χ4v) is 2.56. The first-order chi connectivity index (χ1) is 11.8. The number of phenolic OH excluding ortho intramolecular Hbond substituents is 1. The number of anilines is 1. The number of fused-ring (bicyclic) bond motifs is 1. The van der Waals surface area contributed by atoms with Crippen LogP contribution >= 0.6 is 0 Å². The average molecular weight is 342 g/mol. The topological polar surface area (TPSA) is 106 Å². The van der Waals surface area contributed by atoms with E-state index in [1.807, 2.05) is 6.92 Å². The molecule has 130 valence electrons. The second-order valence-corrected chi connectivity index (χ2v) is 5.80. The number of rotatable bonds is 3. The van der Waals surface area contributed by atoms with Crippen molar-refractivity contribution in [2.75, 3.05) is 5.43 Å². The van der Waals surface area contributed by atoms with Crippen LogP contribution in [-0.2, 0) is 21.1 Å². The van der Waals surface area contributed by atoms with Crippen LogP contribution in [0.2, 0.25) is 0 Å². The third-order valence-electron chi connectivity index (χ3n) is 4.03. The van der Waals surface area contributed by atoms with E-state index in [-0.39, 0.29) is 11.4 Å². The van der Waals surface area contributed by atoms with Gasteiger partial charge in [0.05, 0.1) is 6.21 Å². The van der Waals surface area contributed by atoms with Gasteiger partial charge in [-0.2, -0.15) is 10.1 Å². The van der Waals surface area contributed by atoms with Crippen molar-refractivity contribution >= 4 is 23.3 Å². The van der Waals surface area contributed by atoms with Crippen molar-refractivity contribution < 1.29 is 5.11 Å². The molecule has 3 rings (SSSR count). The van der Waals surface area contributed by atoms with Gasteiger partial charge >= 0.3 is 5.69 Å². The zero-order valence-corrected chi connectivity index (χ0v) is 14.3. The van der Waals surface area contributed by atoms with Crippen molar-refractivity contribution in [3.63, 3.8) is 0 Å². The molecule has 0 saturated carbocycles. The molecule has 0 unspecified atom stereocenters. The van der Waals surface area contributed by atoms with Crippen molar-refractivity contribution in [3.8, 4) is 5.75 Å². The smallest absolute Gasteiger partial charge is 0.332 e. The Labute approximate surface area is 142 Å². The molecule has 2 N–H and O–H groups in total. The summed E-state index contributed by atoms with van der Waals surface area (Å²) < 4.78 is 3.87. The number of aromatic nitrogens is 4. The Balaban J connectivity index is 2.02. The van der Waals surface area contributed by atoms with E-state index >= 15 is 0 Å². The van der Waals surface area contributed by atoms with Gasteiger partial charge in [0, 0.05) is 26.7 Å². The van der Waals surface area contributed by atoms with Crippen molar-refractivity contribution in [2.45, 2.75) is 6.92 Å². The highest BCUT2D eigenvalue weighted by molar-refractivity contribution is 5.84. The number of nitrogens with one attached hydrogen (secondary N) is 1. The van der Waals surface area contributed by atoms with E-state index in [9.17, 15) is 14.7 Å². The Morgan fingerprint density at radius 1 is 1.16 bits per heavy atom. The van der Waals surface area contributed by atoms with Gasteiger partial charge in [0.15, 0.2) is 11.2 Å². The lowest BCUT2D eigenvalue weighted by Gasteiger charge is -2.03. The fraction of sp³-hybridized carbons (Fsp3) is 0.250. The zero-order chi connectivity index (χ0) is 18.3. The van der Waals surface area contributed by atoms with Gasteiger partial charge in [-0.3, -0.25) is 13.9 Å². The number of aryl methyl sites for hydroxylation is 3. The van der Waals surface area contributed by atoms with E-state index in [2.05, 4.69) is 15.5 Å².